The lowest BCUT2D eigenvalue weighted by Gasteiger charge is -2.04. The molecule has 0 fully saturated rings. The van der Waals surface area contributed by atoms with Crippen LogP contribution >= 0.6 is 12.2 Å². The first-order valence-electron chi connectivity index (χ1n) is 4.26. The Morgan fingerprint density at radius 3 is 2.62 bits per heavy atom. The molecule has 0 aliphatic rings. The van der Waals surface area contributed by atoms with Gasteiger partial charge in [0, 0.05) is 5.37 Å². The third-order valence-corrected chi connectivity index (χ3v) is 2.54. The normalized spacial score (nSPS) is 10.2. The van der Waals surface area contributed by atoms with Gasteiger partial charge in [-0.1, -0.05) is 48.6 Å². The number of aryl methyl sites for hydroxylation is 1. The second kappa shape index (κ2) is 3.27. The van der Waals surface area contributed by atoms with Crippen LogP contribution in [0.4, 0.5) is 0 Å². The molecule has 0 atom stereocenters. The highest BCUT2D eigenvalue weighted by atomic mass is 32.1. The lowest BCUT2D eigenvalue weighted by Crippen LogP contribution is -1.87. The van der Waals surface area contributed by atoms with Crippen molar-refractivity contribution >= 4 is 28.4 Å². The smallest absolute Gasteiger partial charge is 0.00950 e. The zero-order valence-corrected chi connectivity index (χ0v) is 8.27. The van der Waals surface area contributed by atoms with Crippen LogP contribution in [0, 0.1) is 6.92 Å². The minimum atomic E-state index is 1.17. The van der Waals surface area contributed by atoms with Gasteiger partial charge in [-0.3, -0.25) is 0 Å². The largest absolute Gasteiger partial charge is 0.0880 e. The first-order valence-corrected chi connectivity index (χ1v) is 4.73. The molecule has 0 radical (unpaired) electrons. The summed E-state index contributed by atoms with van der Waals surface area (Å²) in [6.45, 7) is 2.09. The van der Waals surface area contributed by atoms with Crippen molar-refractivity contribution in [3.8, 4) is 0 Å². The zero-order valence-electron chi connectivity index (χ0n) is 7.45. The summed E-state index contributed by atoms with van der Waals surface area (Å²) in [7, 11) is 0. The maximum atomic E-state index is 5.01. The second-order valence-electron chi connectivity index (χ2n) is 3.14. The molecule has 64 valence electrons. The molecule has 0 saturated carbocycles. The van der Waals surface area contributed by atoms with E-state index in [0.29, 0.717) is 0 Å². The average Bonchev–Trinajstić information content (AvgIpc) is 2.18. The Kier molecular flexibility index (Phi) is 2.11. The van der Waals surface area contributed by atoms with Crippen molar-refractivity contribution in [3.63, 3.8) is 0 Å². The molecule has 13 heavy (non-hydrogen) atoms. The number of thiocarbonyl (C=S) groups is 1. The predicted molar refractivity (Wildman–Crippen MR) is 61.4 cm³/mol. The Labute approximate surface area is 83.2 Å². The topological polar surface area (TPSA) is 0 Å². The van der Waals surface area contributed by atoms with Gasteiger partial charge >= 0.3 is 0 Å². The fourth-order valence-corrected chi connectivity index (χ4v) is 1.87. The molecular weight excluding hydrogens is 176 g/mol. The van der Waals surface area contributed by atoms with Crippen LogP contribution in [0.25, 0.3) is 10.8 Å². The first kappa shape index (κ1) is 8.39. The molecule has 0 unspecified atom stereocenters. The fraction of sp³-hybridized carbons (Fsp3) is 0.0833. The third-order valence-electron chi connectivity index (χ3n) is 2.31. The van der Waals surface area contributed by atoms with E-state index in [2.05, 4.69) is 31.2 Å². The van der Waals surface area contributed by atoms with E-state index in [1.54, 1.807) is 5.37 Å². The highest BCUT2D eigenvalue weighted by molar-refractivity contribution is 7.79. The highest BCUT2D eigenvalue weighted by Crippen LogP contribution is 2.20. The van der Waals surface area contributed by atoms with Gasteiger partial charge in [0.05, 0.1) is 0 Å². The van der Waals surface area contributed by atoms with E-state index in [1.165, 1.54) is 21.9 Å². The van der Waals surface area contributed by atoms with E-state index in [4.69, 9.17) is 12.2 Å². The van der Waals surface area contributed by atoms with Crippen molar-refractivity contribution in [1.29, 1.82) is 0 Å². The summed E-state index contributed by atoms with van der Waals surface area (Å²) in [5.74, 6) is 0. The van der Waals surface area contributed by atoms with Crippen LogP contribution in [0.3, 0.4) is 0 Å². The number of hydrogen-bond donors (Lipinski definition) is 0. The lowest BCUT2D eigenvalue weighted by molar-refractivity contribution is 1.49. The Hall–Kier alpha value is -1.21. The Balaban J connectivity index is 2.91. The quantitative estimate of drug-likeness (QED) is 0.614. The molecule has 2 rings (SSSR count). The van der Waals surface area contributed by atoms with Crippen LogP contribution in [-0.4, -0.2) is 5.37 Å². The van der Waals surface area contributed by atoms with Crippen molar-refractivity contribution in [1.82, 2.24) is 0 Å². The van der Waals surface area contributed by atoms with Gasteiger partial charge in [-0.05, 0) is 28.8 Å². The maximum Gasteiger partial charge on any atom is 0.00950 e. The van der Waals surface area contributed by atoms with Crippen LogP contribution < -0.4 is 0 Å². The van der Waals surface area contributed by atoms with Crippen LogP contribution in [0.15, 0.2) is 36.4 Å². The number of hydrogen-bond acceptors (Lipinski definition) is 1. The van der Waals surface area contributed by atoms with Crippen molar-refractivity contribution in [2.45, 2.75) is 6.92 Å². The summed E-state index contributed by atoms with van der Waals surface area (Å²) in [4.78, 5) is 0. The predicted octanol–water partition coefficient (Wildman–Crippen LogP) is 3.50. The minimum Gasteiger partial charge on any atom is -0.0880 e. The molecule has 0 aliphatic carbocycles. The Bertz CT molecular complexity index is 458. The van der Waals surface area contributed by atoms with Gasteiger partial charge in [0.25, 0.3) is 0 Å². The number of fused-ring (bicyclic) bond motifs is 1. The highest BCUT2D eigenvalue weighted by Gasteiger charge is 1.99. The van der Waals surface area contributed by atoms with Gasteiger partial charge < -0.3 is 0 Å². The van der Waals surface area contributed by atoms with Gasteiger partial charge in [0.1, 0.15) is 0 Å². The van der Waals surface area contributed by atoms with E-state index in [1.807, 2.05) is 12.1 Å². The molecule has 0 aliphatic heterocycles. The van der Waals surface area contributed by atoms with E-state index in [-0.39, 0.29) is 0 Å². The SMILES string of the molecule is Cc1ccc2ccccc2c1C=S. The van der Waals surface area contributed by atoms with Crippen molar-refractivity contribution in [2.24, 2.45) is 0 Å². The monoisotopic (exact) mass is 186 g/mol. The Morgan fingerprint density at radius 1 is 1.08 bits per heavy atom. The molecule has 1 heteroatoms. The molecule has 0 amide bonds. The fourth-order valence-electron chi connectivity index (χ4n) is 1.56. The molecule has 0 aromatic heterocycles. The van der Waals surface area contributed by atoms with Crippen molar-refractivity contribution in [3.05, 3.63) is 47.5 Å². The lowest BCUT2D eigenvalue weighted by atomic mass is 10.0. The molecule has 0 saturated heterocycles. The molecule has 0 bridgehead atoms. The molecule has 0 N–H and O–H groups in total. The maximum absolute atomic E-state index is 5.01. The van der Waals surface area contributed by atoms with E-state index in [9.17, 15) is 0 Å². The van der Waals surface area contributed by atoms with Gasteiger partial charge in [-0.15, -0.1) is 0 Å². The van der Waals surface area contributed by atoms with Crippen LogP contribution in [0.1, 0.15) is 11.1 Å². The van der Waals surface area contributed by atoms with Gasteiger partial charge in [0.2, 0.25) is 0 Å². The summed E-state index contributed by atoms with van der Waals surface area (Å²) >= 11 is 5.01. The van der Waals surface area contributed by atoms with Crippen molar-refractivity contribution < 1.29 is 0 Å². The summed E-state index contributed by atoms with van der Waals surface area (Å²) < 4.78 is 0. The van der Waals surface area contributed by atoms with Crippen LogP contribution in [0.2, 0.25) is 0 Å². The van der Waals surface area contributed by atoms with E-state index < -0.39 is 0 Å². The second-order valence-corrected chi connectivity index (χ2v) is 3.37. The Morgan fingerprint density at radius 2 is 1.85 bits per heavy atom. The van der Waals surface area contributed by atoms with Gasteiger partial charge in [-0.25, -0.2) is 0 Å². The van der Waals surface area contributed by atoms with Crippen molar-refractivity contribution in [2.75, 3.05) is 0 Å². The molecule has 2 aromatic carbocycles. The third kappa shape index (κ3) is 1.36. The van der Waals surface area contributed by atoms with E-state index >= 15 is 0 Å². The van der Waals surface area contributed by atoms with Crippen LogP contribution in [0.5, 0.6) is 0 Å². The molecule has 2 aromatic rings. The number of benzene rings is 2. The first-order chi connectivity index (χ1) is 6.33. The van der Waals surface area contributed by atoms with Gasteiger partial charge in [0.15, 0.2) is 0 Å². The minimum absolute atomic E-state index is 1.17. The average molecular weight is 186 g/mol. The summed E-state index contributed by atoms with van der Waals surface area (Å²) in [5.41, 5.74) is 2.42. The molecule has 0 nitrogen and oxygen atoms in total. The van der Waals surface area contributed by atoms with Gasteiger partial charge in [-0.2, -0.15) is 0 Å². The summed E-state index contributed by atoms with van der Waals surface area (Å²) in [6.07, 6.45) is 0. The molecule has 0 heterocycles. The molecular formula is C12H10S. The van der Waals surface area contributed by atoms with Crippen LogP contribution in [-0.2, 0) is 0 Å². The van der Waals surface area contributed by atoms with E-state index in [0.717, 1.165) is 0 Å². The summed E-state index contributed by atoms with van der Waals surface area (Å²) in [6, 6.07) is 12.6. The standard InChI is InChI=1S/C12H10S/c1-9-6-7-10-4-2-3-5-11(10)12(9)8-13/h2-8H,1H3. The summed E-state index contributed by atoms with van der Waals surface area (Å²) in [5, 5.41) is 4.26. The zero-order chi connectivity index (χ0) is 9.26. The number of rotatable bonds is 1. The molecule has 0 spiro atoms.